The maximum Gasteiger partial charge on any atom is 0.303 e. The summed E-state index contributed by atoms with van der Waals surface area (Å²) >= 11 is 0. The van der Waals surface area contributed by atoms with Gasteiger partial charge in [-0.3, -0.25) is 9.69 Å². The van der Waals surface area contributed by atoms with E-state index in [0.717, 1.165) is 19.6 Å². The Morgan fingerprint density at radius 3 is 2.67 bits per heavy atom. The second kappa shape index (κ2) is 5.82. The first-order valence-electron chi connectivity index (χ1n) is 5.96. The molecule has 0 aliphatic carbocycles. The molecule has 18 heavy (non-hydrogen) atoms. The lowest BCUT2D eigenvalue weighted by Crippen LogP contribution is -2.48. The van der Waals surface area contributed by atoms with Gasteiger partial charge in [-0.25, -0.2) is 4.39 Å². The zero-order chi connectivity index (χ0) is 13.0. The number of aliphatic carboxylic acids is 1. The van der Waals surface area contributed by atoms with Crippen LogP contribution in [-0.4, -0.2) is 42.2 Å². The minimum atomic E-state index is -0.734. The van der Waals surface area contributed by atoms with Crippen LogP contribution in [0.4, 0.5) is 4.39 Å². The fourth-order valence-corrected chi connectivity index (χ4v) is 2.06. The number of nitrogens with zero attached hydrogens (tertiary/aromatic N) is 1. The molecule has 1 N–H and O–H groups in total. The lowest BCUT2D eigenvalue weighted by Gasteiger charge is -2.38. The average molecular weight is 253 g/mol. The quantitative estimate of drug-likeness (QED) is 0.836. The summed E-state index contributed by atoms with van der Waals surface area (Å²) in [6, 6.07) is 5.92. The van der Waals surface area contributed by atoms with Crippen LogP contribution in [0.3, 0.4) is 0 Å². The molecule has 98 valence electrons. The molecule has 0 bridgehead atoms. The van der Waals surface area contributed by atoms with Crippen molar-refractivity contribution in [3.8, 4) is 5.75 Å². The van der Waals surface area contributed by atoms with E-state index in [-0.39, 0.29) is 18.2 Å². The number of hydrogen-bond acceptors (Lipinski definition) is 3. The molecule has 0 unspecified atom stereocenters. The van der Waals surface area contributed by atoms with Crippen LogP contribution < -0.4 is 4.74 Å². The van der Waals surface area contributed by atoms with Crippen molar-refractivity contribution in [3.05, 3.63) is 30.1 Å². The van der Waals surface area contributed by atoms with Gasteiger partial charge in [0.25, 0.3) is 0 Å². The third-order valence-corrected chi connectivity index (χ3v) is 2.99. The lowest BCUT2D eigenvalue weighted by atomic mass is 9.97. The number of carboxylic acids is 1. The van der Waals surface area contributed by atoms with Crippen LogP contribution in [0, 0.1) is 11.7 Å². The molecule has 1 heterocycles. The standard InChI is InChI=1S/C13H16FNO3/c14-11-1-3-12(4-2-11)18-6-5-15-8-10(9-15)7-13(16)17/h1-4,10H,5-9H2,(H,16,17). The summed E-state index contributed by atoms with van der Waals surface area (Å²) in [5, 5.41) is 8.61. The highest BCUT2D eigenvalue weighted by molar-refractivity contribution is 5.67. The Kier molecular flexibility index (Phi) is 4.15. The molecule has 0 aromatic heterocycles. The number of hydrogen-bond donors (Lipinski definition) is 1. The van der Waals surface area contributed by atoms with Gasteiger partial charge < -0.3 is 9.84 Å². The number of carbonyl (C=O) groups is 1. The van der Waals surface area contributed by atoms with Gasteiger partial charge in [-0.15, -0.1) is 0 Å². The fraction of sp³-hybridized carbons (Fsp3) is 0.462. The molecule has 0 atom stereocenters. The molecule has 1 fully saturated rings. The second-order valence-corrected chi connectivity index (χ2v) is 4.53. The molecule has 1 aliphatic rings. The Bertz CT molecular complexity index is 401. The molecule has 1 aromatic rings. The van der Waals surface area contributed by atoms with E-state index in [9.17, 15) is 9.18 Å². The van der Waals surface area contributed by atoms with E-state index >= 15 is 0 Å². The normalized spacial score (nSPS) is 16.3. The van der Waals surface area contributed by atoms with Gasteiger partial charge in [0.05, 0.1) is 6.42 Å². The third-order valence-electron chi connectivity index (χ3n) is 2.99. The number of rotatable bonds is 6. The van der Waals surface area contributed by atoms with Gasteiger partial charge in [0.1, 0.15) is 18.2 Å². The summed E-state index contributed by atoms with van der Waals surface area (Å²) in [5.41, 5.74) is 0. The minimum absolute atomic E-state index is 0.245. The van der Waals surface area contributed by atoms with Gasteiger partial charge in [0.2, 0.25) is 0 Å². The van der Waals surface area contributed by atoms with Crippen LogP contribution in [0.2, 0.25) is 0 Å². The maximum absolute atomic E-state index is 12.6. The van der Waals surface area contributed by atoms with E-state index in [0.29, 0.717) is 12.4 Å². The molecule has 1 saturated heterocycles. The molecule has 0 spiro atoms. The summed E-state index contributed by atoms with van der Waals surface area (Å²) in [6.45, 7) is 2.94. The number of benzene rings is 1. The van der Waals surface area contributed by atoms with Crippen molar-refractivity contribution in [1.82, 2.24) is 4.90 Å². The molecular weight excluding hydrogens is 237 g/mol. The predicted molar refractivity (Wildman–Crippen MR) is 64.1 cm³/mol. The largest absolute Gasteiger partial charge is 0.492 e. The summed E-state index contributed by atoms with van der Waals surface area (Å²) in [7, 11) is 0. The lowest BCUT2D eigenvalue weighted by molar-refractivity contribution is -0.139. The highest BCUT2D eigenvalue weighted by atomic mass is 19.1. The maximum atomic E-state index is 12.6. The van der Waals surface area contributed by atoms with Crippen molar-refractivity contribution in [2.45, 2.75) is 6.42 Å². The van der Waals surface area contributed by atoms with Crippen LogP contribution in [0.1, 0.15) is 6.42 Å². The van der Waals surface area contributed by atoms with E-state index in [1.54, 1.807) is 12.1 Å². The molecule has 1 aliphatic heterocycles. The Labute approximate surface area is 105 Å². The first-order valence-corrected chi connectivity index (χ1v) is 5.96. The van der Waals surface area contributed by atoms with Crippen LogP contribution in [-0.2, 0) is 4.79 Å². The smallest absolute Gasteiger partial charge is 0.303 e. The molecule has 1 aromatic carbocycles. The van der Waals surface area contributed by atoms with E-state index in [2.05, 4.69) is 4.90 Å². The Balaban J connectivity index is 1.60. The monoisotopic (exact) mass is 253 g/mol. The minimum Gasteiger partial charge on any atom is -0.492 e. The highest BCUT2D eigenvalue weighted by Crippen LogP contribution is 2.18. The number of halogens is 1. The SMILES string of the molecule is O=C(O)CC1CN(CCOc2ccc(F)cc2)C1. The van der Waals surface area contributed by atoms with Gasteiger partial charge in [-0.2, -0.15) is 0 Å². The molecule has 0 amide bonds. The van der Waals surface area contributed by atoms with Gasteiger partial charge in [0.15, 0.2) is 0 Å². The summed E-state index contributed by atoms with van der Waals surface area (Å²) in [6.07, 6.45) is 0.245. The zero-order valence-corrected chi connectivity index (χ0v) is 10.0. The number of ether oxygens (including phenoxy) is 1. The summed E-state index contributed by atoms with van der Waals surface area (Å²) in [4.78, 5) is 12.6. The van der Waals surface area contributed by atoms with Crippen LogP contribution in [0.5, 0.6) is 5.75 Å². The van der Waals surface area contributed by atoms with Crippen molar-refractivity contribution >= 4 is 5.97 Å². The number of likely N-dealkylation sites (tertiary alicyclic amines) is 1. The first-order chi connectivity index (χ1) is 8.63. The van der Waals surface area contributed by atoms with E-state index < -0.39 is 5.97 Å². The Hall–Kier alpha value is -1.62. The summed E-state index contributed by atoms with van der Waals surface area (Å²) in [5.74, 6) is -0.0869. The molecular formula is C13H16FNO3. The first kappa shape index (κ1) is 12.8. The second-order valence-electron chi connectivity index (χ2n) is 4.53. The van der Waals surface area contributed by atoms with E-state index in [1.165, 1.54) is 12.1 Å². The third kappa shape index (κ3) is 3.70. The molecule has 0 saturated carbocycles. The zero-order valence-electron chi connectivity index (χ0n) is 10.0. The Morgan fingerprint density at radius 2 is 2.06 bits per heavy atom. The topological polar surface area (TPSA) is 49.8 Å². The van der Waals surface area contributed by atoms with Gasteiger partial charge in [-0.05, 0) is 30.2 Å². The van der Waals surface area contributed by atoms with Crippen molar-refractivity contribution < 1.29 is 19.0 Å². The van der Waals surface area contributed by atoms with Gasteiger partial charge in [-0.1, -0.05) is 0 Å². The molecule has 4 nitrogen and oxygen atoms in total. The molecule has 2 rings (SSSR count). The van der Waals surface area contributed by atoms with Crippen LogP contribution in [0.15, 0.2) is 24.3 Å². The fourth-order valence-electron chi connectivity index (χ4n) is 2.06. The van der Waals surface area contributed by atoms with Crippen LogP contribution in [0.25, 0.3) is 0 Å². The highest BCUT2D eigenvalue weighted by Gasteiger charge is 2.27. The molecule has 0 radical (unpaired) electrons. The van der Waals surface area contributed by atoms with Crippen molar-refractivity contribution in [3.63, 3.8) is 0 Å². The average Bonchev–Trinajstić information content (AvgIpc) is 2.27. The summed E-state index contributed by atoms with van der Waals surface area (Å²) < 4.78 is 18.1. The van der Waals surface area contributed by atoms with Gasteiger partial charge in [0, 0.05) is 19.6 Å². The molecule has 5 heteroatoms. The van der Waals surface area contributed by atoms with E-state index in [1.807, 2.05) is 0 Å². The predicted octanol–water partition coefficient (Wildman–Crippen LogP) is 1.61. The Morgan fingerprint density at radius 1 is 1.39 bits per heavy atom. The van der Waals surface area contributed by atoms with Crippen molar-refractivity contribution in [2.75, 3.05) is 26.2 Å². The van der Waals surface area contributed by atoms with Crippen LogP contribution >= 0.6 is 0 Å². The van der Waals surface area contributed by atoms with E-state index in [4.69, 9.17) is 9.84 Å². The van der Waals surface area contributed by atoms with Gasteiger partial charge >= 0.3 is 5.97 Å². The van der Waals surface area contributed by atoms with Crippen molar-refractivity contribution in [2.24, 2.45) is 5.92 Å². The number of carboxylic acid groups (broad SMARTS) is 1. The van der Waals surface area contributed by atoms with Crippen molar-refractivity contribution in [1.29, 1.82) is 0 Å².